The SMILES string of the molecule is C=CC(=O)N1CCN(c2nc(OCC3CCCN3)nc3c(F)c(-c4nc(N)cc(C)c4C(F)(F)F)c(Cl)cc23)C(C)C1. The first-order valence-electron chi connectivity index (χ1n) is 13.5. The minimum absolute atomic E-state index is 0.0552. The molecule has 2 aliphatic rings. The number of fused-ring (bicyclic) bond motifs is 1. The molecule has 0 saturated carbocycles. The minimum atomic E-state index is -4.86. The van der Waals surface area contributed by atoms with E-state index in [1.807, 2.05) is 11.8 Å². The molecule has 224 valence electrons. The molecule has 5 rings (SSSR count). The maximum absolute atomic E-state index is 16.5. The van der Waals surface area contributed by atoms with Crippen LogP contribution in [0.4, 0.5) is 29.2 Å². The summed E-state index contributed by atoms with van der Waals surface area (Å²) < 4.78 is 64.8. The number of nitrogens with one attached hydrogen (secondary N) is 1. The van der Waals surface area contributed by atoms with Gasteiger partial charge in [0.25, 0.3) is 0 Å². The number of aromatic nitrogens is 3. The predicted molar refractivity (Wildman–Crippen MR) is 152 cm³/mol. The maximum atomic E-state index is 16.5. The zero-order valence-corrected chi connectivity index (χ0v) is 23.8. The Balaban J connectivity index is 1.68. The smallest absolute Gasteiger partial charge is 0.418 e. The third-order valence-corrected chi connectivity index (χ3v) is 7.86. The summed E-state index contributed by atoms with van der Waals surface area (Å²) in [7, 11) is 0. The summed E-state index contributed by atoms with van der Waals surface area (Å²) in [6, 6.07) is 2.06. The van der Waals surface area contributed by atoms with E-state index >= 15 is 4.39 Å². The molecule has 2 saturated heterocycles. The van der Waals surface area contributed by atoms with Crippen LogP contribution in [0, 0.1) is 12.7 Å². The minimum Gasteiger partial charge on any atom is -0.462 e. The number of anilines is 2. The van der Waals surface area contributed by atoms with Crippen LogP contribution in [0.2, 0.25) is 5.02 Å². The molecular weight excluding hydrogens is 578 g/mol. The van der Waals surface area contributed by atoms with E-state index in [0.717, 1.165) is 25.5 Å². The first-order valence-corrected chi connectivity index (χ1v) is 13.9. The zero-order valence-electron chi connectivity index (χ0n) is 23.1. The Morgan fingerprint density at radius 3 is 2.69 bits per heavy atom. The van der Waals surface area contributed by atoms with E-state index < -0.39 is 28.8 Å². The van der Waals surface area contributed by atoms with Crippen molar-refractivity contribution in [2.45, 2.75) is 44.9 Å². The number of piperazine rings is 1. The lowest BCUT2D eigenvalue weighted by molar-refractivity contribution is -0.137. The van der Waals surface area contributed by atoms with Gasteiger partial charge in [0.2, 0.25) is 5.91 Å². The molecule has 9 nitrogen and oxygen atoms in total. The number of ether oxygens (including phenoxy) is 1. The van der Waals surface area contributed by atoms with Gasteiger partial charge < -0.3 is 25.6 Å². The van der Waals surface area contributed by atoms with Gasteiger partial charge in [-0.3, -0.25) is 4.79 Å². The number of nitrogens with two attached hydrogens (primary N) is 1. The number of carbonyl (C=O) groups excluding carboxylic acids is 1. The van der Waals surface area contributed by atoms with E-state index in [1.54, 1.807) is 4.90 Å². The highest BCUT2D eigenvalue weighted by Crippen LogP contribution is 2.44. The van der Waals surface area contributed by atoms with Gasteiger partial charge in [0.05, 0.1) is 21.8 Å². The van der Waals surface area contributed by atoms with Crippen LogP contribution in [-0.4, -0.2) is 70.6 Å². The van der Waals surface area contributed by atoms with E-state index in [1.165, 1.54) is 19.1 Å². The number of alkyl halides is 3. The third kappa shape index (κ3) is 5.67. The molecule has 2 fully saturated rings. The van der Waals surface area contributed by atoms with Crippen LogP contribution in [0.3, 0.4) is 0 Å². The quantitative estimate of drug-likeness (QED) is 0.305. The molecule has 2 aliphatic heterocycles. The molecule has 0 aliphatic carbocycles. The molecule has 4 heterocycles. The summed E-state index contributed by atoms with van der Waals surface area (Å²) >= 11 is 6.52. The summed E-state index contributed by atoms with van der Waals surface area (Å²) in [6.07, 6.45) is -1.76. The fourth-order valence-electron chi connectivity index (χ4n) is 5.57. The van der Waals surface area contributed by atoms with E-state index in [2.05, 4.69) is 26.8 Å². The summed E-state index contributed by atoms with van der Waals surface area (Å²) in [5.41, 5.74) is 2.84. The number of halogens is 5. The number of amides is 1. The van der Waals surface area contributed by atoms with E-state index in [9.17, 15) is 18.0 Å². The Hall–Kier alpha value is -3.71. The van der Waals surface area contributed by atoms with Gasteiger partial charge in [-0.1, -0.05) is 18.2 Å². The number of pyridine rings is 1. The van der Waals surface area contributed by atoms with Crippen molar-refractivity contribution in [3.05, 3.63) is 46.8 Å². The summed E-state index contributed by atoms with van der Waals surface area (Å²) in [6.45, 7) is 8.73. The van der Waals surface area contributed by atoms with Crippen molar-refractivity contribution in [2.24, 2.45) is 0 Å². The fraction of sp³-hybridized carbons (Fsp3) is 0.429. The van der Waals surface area contributed by atoms with Gasteiger partial charge in [-0.05, 0) is 57.0 Å². The van der Waals surface area contributed by atoms with Gasteiger partial charge in [0.15, 0.2) is 5.82 Å². The van der Waals surface area contributed by atoms with Crippen LogP contribution in [0.5, 0.6) is 6.01 Å². The number of nitrogens with zero attached hydrogens (tertiary/aromatic N) is 5. The Bertz CT molecular complexity index is 1550. The normalized spacial score (nSPS) is 19.4. The Morgan fingerprint density at radius 2 is 2.05 bits per heavy atom. The van der Waals surface area contributed by atoms with Crippen LogP contribution in [0.25, 0.3) is 22.2 Å². The molecule has 2 aromatic heterocycles. The van der Waals surface area contributed by atoms with Crippen LogP contribution in [-0.2, 0) is 11.0 Å². The van der Waals surface area contributed by atoms with Crippen LogP contribution in [0.15, 0.2) is 24.8 Å². The molecule has 1 aromatic carbocycles. The van der Waals surface area contributed by atoms with Gasteiger partial charge >= 0.3 is 12.2 Å². The van der Waals surface area contributed by atoms with E-state index in [-0.39, 0.29) is 63.7 Å². The van der Waals surface area contributed by atoms with Gasteiger partial charge in [0, 0.05) is 37.1 Å². The highest BCUT2D eigenvalue weighted by molar-refractivity contribution is 6.34. The van der Waals surface area contributed by atoms with Crippen LogP contribution >= 0.6 is 11.6 Å². The second kappa shape index (κ2) is 11.5. The van der Waals surface area contributed by atoms with Crippen LogP contribution in [0.1, 0.15) is 30.9 Å². The highest BCUT2D eigenvalue weighted by Gasteiger charge is 2.39. The molecule has 0 spiro atoms. The van der Waals surface area contributed by atoms with E-state index in [0.29, 0.717) is 19.6 Å². The van der Waals surface area contributed by atoms with Gasteiger partial charge in [-0.15, -0.1) is 0 Å². The van der Waals surface area contributed by atoms with Crippen molar-refractivity contribution in [3.8, 4) is 17.3 Å². The van der Waals surface area contributed by atoms with Gasteiger partial charge in [-0.2, -0.15) is 23.1 Å². The Kier molecular flexibility index (Phi) is 8.17. The van der Waals surface area contributed by atoms with Crippen molar-refractivity contribution < 1.29 is 27.1 Å². The van der Waals surface area contributed by atoms with Crippen molar-refractivity contribution in [2.75, 3.05) is 43.4 Å². The average Bonchev–Trinajstić information content (AvgIpc) is 3.44. The standard InChI is InChI=1S/C28H30ClF4N7O2/c1-4-20(41)39-8-9-40(15(3)12-39)26-17-11-18(29)21(25-22(28(31,32)33)14(2)10-19(34)36-25)23(30)24(17)37-27(38-26)42-13-16-6-5-7-35-16/h4,10-11,15-16,35H,1,5-9,12-13H2,2-3H3,(H2,34,36). The van der Waals surface area contributed by atoms with Gasteiger partial charge in [-0.25, -0.2) is 9.37 Å². The van der Waals surface area contributed by atoms with Crippen LogP contribution < -0.4 is 20.7 Å². The number of rotatable bonds is 6. The average molecular weight is 608 g/mol. The maximum Gasteiger partial charge on any atom is 0.418 e. The Labute approximate surface area is 244 Å². The second-order valence-corrected chi connectivity index (χ2v) is 10.9. The monoisotopic (exact) mass is 607 g/mol. The molecule has 1 amide bonds. The molecule has 2 unspecified atom stereocenters. The van der Waals surface area contributed by atoms with E-state index in [4.69, 9.17) is 22.1 Å². The molecule has 2 atom stereocenters. The molecule has 0 bridgehead atoms. The molecular formula is C28H30ClF4N7O2. The fourth-order valence-corrected chi connectivity index (χ4v) is 5.85. The lowest BCUT2D eigenvalue weighted by Crippen LogP contribution is -2.53. The number of hydrogen-bond donors (Lipinski definition) is 2. The lowest BCUT2D eigenvalue weighted by atomic mass is 9.99. The van der Waals surface area contributed by atoms with Crippen molar-refractivity contribution >= 4 is 40.0 Å². The zero-order chi connectivity index (χ0) is 30.3. The molecule has 0 radical (unpaired) electrons. The van der Waals surface area contributed by atoms with Gasteiger partial charge in [0.1, 0.15) is 23.8 Å². The first-order chi connectivity index (χ1) is 19.9. The third-order valence-electron chi connectivity index (χ3n) is 7.56. The highest BCUT2D eigenvalue weighted by atomic mass is 35.5. The molecule has 3 aromatic rings. The second-order valence-electron chi connectivity index (χ2n) is 10.5. The molecule has 3 N–H and O–H groups in total. The topological polar surface area (TPSA) is 110 Å². The largest absolute Gasteiger partial charge is 0.462 e. The molecule has 42 heavy (non-hydrogen) atoms. The summed E-state index contributed by atoms with van der Waals surface area (Å²) in [4.78, 5) is 28.5. The number of hydrogen-bond acceptors (Lipinski definition) is 8. The lowest BCUT2D eigenvalue weighted by Gasteiger charge is -2.40. The summed E-state index contributed by atoms with van der Waals surface area (Å²) in [5, 5.41) is 3.16. The number of aryl methyl sites for hydroxylation is 1. The van der Waals surface area contributed by atoms with Crippen molar-refractivity contribution in [1.29, 1.82) is 0 Å². The Morgan fingerprint density at radius 1 is 1.29 bits per heavy atom. The van der Waals surface area contributed by atoms with Crippen molar-refractivity contribution in [1.82, 2.24) is 25.2 Å². The number of benzene rings is 1. The first kappa shape index (κ1) is 29.8. The summed E-state index contributed by atoms with van der Waals surface area (Å²) in [5.74, 6) is -1.26. The predicted octanol–water partition coefficient (Wildman–Crippen LogP) is 4.75. The number of nitrogen functional groups attached to an aromatic ring is 1. The number of carbonyl (C=O) groups is 1. The van der Waals surface area contributed by atoms with Crippen molar-refractivity contribution in [3.63, 3.8) is 0 Å². The molecule has 14 heteroatoms.